The smallest absolute Gasteiger partial charge is 0.175 e. The van der Waals surface area contributed by atoms with E-state index in [0.29, 0.717) is 5.56 Å². The van der Waals surface area contributed by atoms with Crippen LogP contribution < -0.4 is 15.9 Å². The van der Waals surface area contributed by atoms with Crippen molar-refractivity contribution < 1.29 is 11.4 Å². The Hall–Kier alpha value is -4.98. The Morgan fingerprint density at radius 1 is 0.619 bits per heavy atom. The Bertz CT molecular complexity index is 2410. The van der Waals surface area contributed by atoms with Crippen molar-refractivity contribution in [3.8, 4) is 39.1 Å². The third-order valence-corrected chi connectivity index (χ3v) is 11.2. The fourth-order valence-corrected chi connectivity index (χ4v) is 9.08. The van der Waals surface area contributed by atoms with Crippen LogP contribution in [0.1, 0.15) is 12.7 Å². The van der Waals surface area contributed by atoms with E-state index in [9.17, 15) is 0 Å². The average molecular weight is 564 g/mol. The minimum absolute atomic E-state index is 0.188. The highest BCUT2D eigenvalue weighted by Crippen LogP contribution is 2.50. The molecule has 0 spiro atoms. The number of para-hydroxylation sites is 1. The van der Waals surface area contributed by atoms with E-state index in [2.05, 4.69) is 16.7 Å². The molecule has 0 aliphatic carbocycles. The van der Waals surface area contributed by atoms with Crippen molar-refractivity contribution in [2.45, 2.75) is 6.92 Å². The van der Waals surface area contributed by atoms with Gasteiger partial charge < -0.3 is 4.57 Å². The quantitative estimate of drug-likeness (QED) is 0.202. The van der Waals surface area contributed by atoms with Gasteiger partial charge in [0.05, 0.1) is 23.6 Å². The summed E-state index contributed by atoms with van der Waals surface area (Å²) < 4.78 is 57.9. The summed E-state index contributed by atoms with van der Waals surface area (Å²) in [6.45, 7) is 1.99. The molecule has 0 N–H and O–H groups in total. The molecule has 42 heavy (non-hydrogen) atoms. The van der Waals surface area contributed by atoms with Gasteiger partial charge in [-0.05, 0) is 52.9 Å². The van der Waals surface area contributed by atoms with Crippen LogP contribution in [-0.4, -0.2) is 9.55 Å². The van der Waals surface area contributed by atoms with Crippen molar-refractivity contribution in [3.63, 3.8) is 0 Å². The van der Waals surface area contributed by atoms with Crippen molar-refractivity contribution in [1.29, 1.82) is 0 Å². The zero-order chi connectivity index (χ0) is 32.6. The third-order valence-electron chi connectivity index (χ3n) is 8.07. The van der Waals surface area contributed by atoms with E-state index in [4.69, 9.17) is 11.8 Å². The largest absolute Gasteiger partial charge is 0.308 e. The second kappa shape index (κ2) is 9.55. The molecule has 4 heteroatoms. The van der Waals surface area contributed by atoms with Gasteiger partial charge in [0, 0.05) is 21.5 Å². The molecule has 2 heterocycles. The van der Waals surface area contributed by atoms with E-state index in [1.54, 1.807) is 12.1 Å². The van der Waals surface area contributed by atoms with Crippen molar-refractivity contribution in [2.24, 2.45) is 0 Å². The third kappa shape index (κ3) is 3.67. The van der Waals surface area contributed by atoms with Crippen LogP contribution in [0.15, 0.2) is 145 Å². The molecule has 0 radical (unpaired) electrons. The molecule has 0 saturated heterocycles. The summed E-state index contributed by atoms with van der Waals surface area (Å²) in [6, 6.07) is 35.7. The first-order valence-corrected chi connectivity index (χ1v) is 15.5. The second-order valence-electron chi connectivity index (χ2n) is 10.4. The zero-order valence-electron chi connectivity index (χ0n) is 27.7. The highest BCUT2D eigenvalue weighted by atomic mass is 31.2. The highest BCUT2D eigenvalue weighted by molar-refractivity contribution is 7.86. The molecule has 6 aromatic carbocycles. The number of nitrogens with zero attached hydrogens (tertiary/aromatic N) is 2. The van der Waals surface area contributed by atoms with Gasteiger partial charge in [-0.25, -0.2) is 4.98 Å². The van der Waals surface area contributed by atoms with Crippen LogP contribution in [0.3, 0.4) is 0 Å². The molecule has 0 bridgehead atoms. The van der Waals surface area contributed by atoms with Crippen LogP contribution in [0.5, 0.6) is 0 Å². The van der Waals surface area contributed by atoms with Crippen LogP contribution in [0.2, 0.25) is 0 Å². The molecule has 1 aromatic heterocycles. The van der Waals surface area contributed by atoms with Crippen molar-refractivity contribution in [2.75, 3.05) is 0 Å². The van der Waals surface area contributed by atoms with E-state index in [1.807, 2.05) is 97.9 Å². The summed E-state index contributed by atoms with van der Waals surface area (Å²) in [4.78, 5) is 5.04. The molecule has 8 rings (SSSR count). The topological polar surface area (TPSA) is 34.9 Å². The fourth-order valence-electron chi connectivity index (χ4n) is 6.09. The Morgan fingerprint density at radius 2 is 1.21 bits per heavy atom. The van der Waals surface area contributed by atoms with E-state index in [0.717, 1.165) is 60.7 Å². The Balaban J connectivity index is 1.20. The first kappa shape index (κ1) is 20.0. The van der Waals surface area contributed by atoms with Crippen molar-refractivity contribution in [3.05, 3.63) is 151 Å². The summed E-state index contributed by atoms with van der Waals surface area (Å²) >= 11 is 0. The van der Waals surface area contributed by atoms with Crippen LogP contribution in [0.25, 0.3) is 50.1 Å². The van der Waals surface area contributed by atoms with Crippen LogP contribution in [-0.2, 0) is 4.57 Å². The summed E-state index contributed by atoms with van der Waals surface area (Å²) in [5, 5.41) is 2.40. The van der Waals surface area contributed by atoms with Gasteiger partial charge in [-0.15, -0.1) is 0 Å². The molecule has 0 amide bonds. The molecule has 1 aliphatic rings. The standard InChI is InChI=1S/C38H27N2OP/c1-26-39-37-33(31-22-20-30(21-23-31)29-18-16-28(17-19-29)27-10-4-2-5-11-27)24-25-36-38(37)40(26)34-14-8-9-15-35(34)42(36,41)32-12-6-3-7-13-32/h2-25H,1H3/i2D,4D,5D,10D,11D. The predicted molar refractivity (Wildman–Crippen MR) is 175 cm³/mol. The Kier molecular flexibility index (Phi) is 4.54. The van der Waals surface area contributed by atoms with E-state index < -0.39 is 13.2 Å². The lowest BCUT2D eigenvalue weighted by atomic mass is 9.97. The Morgan fingerprint density at radius 3 is 1.90 bits per heavy atom. The molecule has 200 valence electrons. The van der Waals surface area contributed by atoms with E-state index in [1.165, 1.54) is 0 Å². The lowest BCUT2D eigenvalue weighted by Crippen LogP contribution is -2.33. The highest BCUT2D eigenvalue weighted by Gasteiger charge is 2.39. The summed E-state index contributed by atoms with van der Waals surface area (Å²) in [5.41, 5.74) is 7.16. The number of aryl methyl sites for hydroxylation is 1. The first-order valence-electron chi connectivity index (χ1n) is 16.3. The maximum absolute atomic E-state index is 15.2. The molecule has 7 aromatic rings. The Labute approximate surface area is 252 Å². The molecule has 1 atom stereocenters. The molecule has 0 saturated carbocycles. The number of fused-ring (bicyclic) bond motifs is 2. The number of hydrogen-bond donors (Lipinski definition) is 0. The normalized spacial score (nSPS) is 17.1. The molecule has 3 nitrogen and oxygen atoms in total. The van der Waals surface area contributed by atoms with Gasteiger partial charge in [-0.3, -0.25) is 4.57 Å². The number of imidazole rings is 1. The van der Waals surface area contributed by atoms with Gasteiger partial charge in [-0.2, -0.15) is 0 Å². The number of benzene rings is 6. The molecular formula is C38H27N2OP. The van der Waals surface area contributed by atoms with Crippen LogP contribution >= 0.6 is 7.14 Å². The minimum Gasteiger partial charge on any atom is -0.308 e. The fraction of sp³-hybridized carbons (Fsp3) is 0.0263. The van der Waals surface area contributed by atoms with E-state index >= 15 is 4.57 Å². The predicted octanol–water partition coefficient (Wildman–Crippen LogP) is 8.29. The molecule has 1 unspecified atom stereocenters. The first-order chi connectivity index (χ1) is 22.7. The maximum atomic E-state index is 15.2. The van der Waals surface area contributed by atoms with Crippen LogP contribution in [0, 0.1) is 6.92 Å². The second-order valence-corrected chi connectivity index (χ2v) is 13.1. The molecule has 0 fully saturated rings. The maximum Gasteiger partial charge on any atom is 0.175 e. The zero-order valence-corrected chi connectivity index (χ0v) is 23.6. The number of rotatable bonds is 4. The minimum atomic E-state index is -3.17. The van der Waals surface area contributed by atoms with Crippen molar-refractivity contribution >= 4 is 34.1 Å². The summed E-state index contributed by atoms with van der Waals surface area (Å²) in [6.07, 6.45) is 0. The van der Waals surface area contributed by atoms with Crippen molar-refractivity contribution in [1.82, 2.24) is 9.55 Å². The molecule has 1 aliphatic heterocycles. The monoisotopic (exact) mass is 563 g/mol. The van der Waals surface area contributed by atoms with Crippen LogP contribution in [0.4, 0.5) is 0 Å². The number of aromatic nitrogens is 2. The lowest BCUT2D eigenvalue weighted by Gasteiger charge is -2.29. The van der Waals surface area contributed by atoms with Gasteiger partial charge >= 0.3 is 0 Å². The summed E-state index contributed by atoms with van der Waals surface area (Å²) in [7, 11) is -3.17. The SMILES string of the molecule is [2H]c1c([2H])c([2H])c(-c2ccc(-c3ccc(-c4ccc5c6c4nc(C)n6-c4ccccc4P5(=O)c4ccccc4)cc3)cc2)c([2H])c1[2H]. The molecular weight excluding hydrogens is 531 g/mol. The van der Waals surface area contributed by atoms with Gasteiger partial charge in [0.25, 0.3) is 0 Å². The van der Waals surface area contributed by atoms with Gasteiger partial charge in [0.15, 0.2) is 7.14 Å². The van der Waals surface area contributed by atoms with Gasteiger partial charge in [-0.1, -0.05) is 127 Å². The average Bonchev–Trinajstić information content (AvgIpc) is 3.46. The van der Waals surface area contributed by atoms with Gasteiger partial charge in [0.1, 0.15) is 5.82 Å². The number of hydrogen-bond acceptors (Lipinski definition) is 2. The summed E-state index contributed by atoms with van der Waals surface area (Å²) in [5.74, 6) is 0.830. The van der Waals surface area contributed by atoms with E-state index in [-0.39, 0.29) is 29.7 Å². The van der Waals surface area contributed by atoms with Gasteiger partial charge in [0.2, 0.25) is 0 Å². The lowest BCUT2D eigenvalue weighted by molar-refractivity contribution is 0.592.